The van der Waals surface area contributed by atoms with E-state index in [0.29, 0.717) is 27.4 Å². The van der Waals surface area contributed by atoms with Crippen molar-refractivity contribution in [3.63, 3.8) is 0 Å². The second-order valence-corrected chi connectivity index (χ2v) is 6.58. The van der Waals surface area contributed by atoms with Crippen LogP contribution in [0.5, 0.6) is 0 Å². The monoisotopic (exact) mass is 386 g/mol. The van der Waals surface area contributed by atoms with Gasteiger partial charge in [-0.3, -0.25) is 4.79 Å². The minimum atomic E-state index is -0.362. The van der Waals surface area contributed by atoms with Crippen LogP contribution in [0.3, 0.4) is 0 Å². The molecule has 0 aliphatic heterocycles. The average molecular weight is 387 g/mol. The zero-order valence-corrected chi connectivity index (χ0v) is 15.7. The molecule has 0 aliphatic carbocycles. The first kappa shape index (κ1) is 18.2. The van der Waals surface area contributed by atoms with E-state index in [2.05, 4.69) is 20.6 Å². The number of hydrogen-bond donors (Lipinski definition) is 2. The van der Waals surface area contributed by atoms with Crippen LogP contribution in [-0.4, -0.2) is 15.9 Å². The van der Waals surface area contributed by atoms with Crippen molar-refractivity contribution in [2.45, 2.75) is 13.8 Å². The van der Waals surface area contributed by atoms with Gasteiger partial charge in [0, 0.05) is 16.4 Å². The van der Waals surface area contributed by atoms with E-state index in [9.17, 15) is 4.79 Å². The minimum Gasteiger partial charge on any atom is -0.324 e. The maximum atomic E-state index is 12.5. The zero-order valence-electron chi connectivity index (χ0n) is 14.2. The molecule has 0 saturated heterocycles. The van der Waals surface area contributed by atoms with Crippen molar-refractivity contribution in [1.82, 2.24) is 9.97 Å². The average Bonchev–Trinajstić information content (AvgIpc) is 2.59. The van der Waals surface area contributed by atoms with Crippen molar-refractivity contribution in [3.05, 3.63) is 75.5 Å². The first-order valence-corrected chi connectivity index (χ1v) is 8.63. The number of rotatable bonds is 4. The van der Waals surface area contributed by atoms with Crippen LogP contribution in [-0.2, 0) is 0 Å². The number of nitrogens with one attached hydrogen (secondary N) is 2. The van der Waals surface area contributed by atoms with Gasteiger partial charge < -0.3 is 10.6 Å². The molecule has 0 saturated carbocycles. The number of nitrogens with zero attached hydrogens (tertiary/aromatic N) is 2. The standard InChI is InChI=1S/C19H16Cl2N4O/c1-11-9-13(20)7-8-15(11)24-19-22-12(2)10-17(25-19)18(26)23-16-6-4-3-5-14(16)21/h3-10H,1-2H3,(H,23,26)(H,22,24,25). The summed E-state index contributed by atoms with van der Waals surface area (Å²) in [5.41, 5.74) is 3.20. The summed E-state index contributed by atoms with van der Waals surface area (Å²) < 4.78 is 0. The summed E-state index contributed by atoms with van der Waals surface area (Å²) in [6.45, 7) is 3.73. The number of carbonyl (C=O) groups is 1. The molecular formula is C19H16Cl2N4O. The first-order valence-electron chi connectivity index (χ1n) is 7.87. The van der Waals surface area contributed by atoms with Crippen LogP contribution in [0.1, 0.15) is 21.7 Å². The topological polar surface area (TPSA) is 66.9 Å². The normalized spacial score (nSPS) is 10.5. The van der Waals surface area contributed by atoms with Crippen molar-refractivity contribution >= 4 is 46.4 Å². The van der Waals surface area contributed by atoms with Crippen molar-refractivity contribution in [2.24, 2.45) is 0 Å². The van der Waals surface area contributed by atoms with Crippen molar-refractivity contribution < 1.29 is 4.79 Å². The number of halogens is 2. The number of para-hydroxylation sites is 1. The molecular weight excluding hydrogens is 371 g/mol. The molecule has 0 atom stereocenters. The van der Waals surface area contributed by atoms with E-state index in [1.807, 2.05) is 19.1 Å². The number of benzene rings is 2. The fraction of sp³-hybridized carbons (Fsp3) is 0.105. The van der Waals surface area contributed by atoms with E-state index in [1.54, 1.807) is 43.3 Å². The van der Waals surface area contributed by atoms with E-state index in [4.69, 9.17) is 23.2 Å². The maximum absolute atomic E-state index is 12.5. The third-order valence-corrected chi connectivity index (χ3v) is 4.21. The Balaban J connectivity index is 1.85. The highest BCUT2D eigenvalue weighted by Crippen LogP contribution is 2.23. The smallest absolute Gasteiger partial charge is 0.274 e. The molecule has 1 heterocycles. The lowest BCUT2D eigenvalue weighted by molar-refractivity contribution is 0.102. The fourth-order valence-electron chi connectivity index (χ4n) is 2.38. The summed E-state index contributed by atoms with van der Waals surface area (Å²) in [4.78, 5) is 21.2. The summed E-state index contributed by atoms with van der Waals surface area (Å²) in [7, 11) is 0. The van der Waals surface area contributed by atoms with Gasteiger partial charge in [0.15, 0.2) is 0 Å². The molecule has 1 aromatic heterocycles. The Labute approximate surface area is 161 Å². The van der Waals surface area contributed by atoms with Crippen molar-refractivity contribution in [2.75, 3.05) is 10.6 Å². The number of aryl methyl sites for hydroxylation is 2. The predicted molar refractivity (Wildman–Crippen MR) is 106 cm³/mol. The van der Waals surface area contributed by atoms with Gasteiger partial charge in [-0.1, -0.05) is 35.3 Å². The lowest BCUT2D eigenvalue weighted by atomic mass is 10.2. The number of aromatic nitrogens is 2. The Morgan fingerprint density at radius 3 is 2.46 bits per heavy atom. The summed E-state index contributed by atoms with van der Waals surface area (Å²) in [5.74, 6) is -0.0285. The lowest BCUT2D eigenvalue weighted by Crippen LogP contribution is -2.15. The van der Waals surface area contributed by atoms with Gasteiger partial charge in [-0.15, -0.1) is 0 Å². The second kappa shape index (κ2) is 7.72. The van der Waals surface area contributed by atoms with Crippen LogP contribution in [0.15, 0.2) is 48.5 Å². The number of carbonyl (C=O) groups excluding carboxylic acids is 1. The largest absolute Gasteiger partial charge is 0.324 e. The molecule has 0 bridgehead atoms. The maximum Gasteiger partial charge on any atom is 0.274 e. The number of amides is 1. The second-order valence-electron chi connectivity index (χ2n) is 5.74. The fourth-order valence-corrected chi connectivity index (χ4v) is 2.79. The van der Waals surface area contributed by atoms with Gasteiger partial charge in [-0.25, -0.2) is 9.97 Å². The highest BCUT2D eigenvalue weighted by atomic mass is 35.5. The highest BCUT2D eigenvalue weighted by Gasteiger charge is 2.13. The molecule has 1 amide bonds. The molecule has 2 aromatic carbocycles. The van der Waals surface area contributed by atoms with E-state index in [1.165, 1.54) is 0 Å². The number of anilines is 3. The third kappa shape index (κ3) is 4.31. The summed E-state index contributed by atoms with van der Waals surface area (Å²) in [6, 6.07) is 14.1. The van der Waals surface area contributed by atoms with Gasteiger partial charge in [-0.05, 0) is 55.8 Å². The van der Waals surface area contributed by atoms with Crippen LogP contribution in [0.4, 0.5) is 17.3 Å². The van der Waals surface area contributed by atoms with Crippen LogP contribution in [0.25, 0.3) is 0 Å². The van der Waals surface area contributed by atoms with Gasteiger partial charge in [0.1, 0.15) is 5.69 Å². The van der Waals surface area contributed by atoms with E-state index in [0.717, 1.165) is 11.3 Å². The van der Waals surface area contributed by atoms with Gasteiger partial charge in [-0.2, -0.15) is 0 Å². The SMILES string of the molecule is Cc1cc(C(=O)Nc2ccccc2Cl)nc(Nc2ccc(Cl)cc2C)n1. The van der Waals surface area contributed by atoms with Gasteiger partial charge in [0.05, 0.1) is 10.7 Å². The van der Waals surface area contributed by atoms with E-state index in [-0.39, 0.29) is 11.6 Å². The van der Waals surface area contributed by atoms with E-state index < -0.39 is 0 Å². The molecule has 5 nitrogen and oxygen atoms in total. The molecule has 3 aromatic rings. The first-order chi connectivity index (χ1) is 12.4. The Morgan fingerprint density at radius 2 is 1.73 bits per heavy atom. The molecule has 3 rings (SSSR count). The Morgan fingerprint density at radius 1 is 0.962 bits per heavy atom. The number of hydrogen-bond acceptors (Lipinski definition) is 4. The predicted octanol–water partition coefficient (Wildman–Crippen LogP) is 5.40. The van der Waals surface area contributed by atoms with Crippen LogP contribution >= 0.6 is 23.2 Å². The van der Waals surface area contributed by atoms with Gasteiger partial charge >= 0.3 is 0 Å². The van der Waals surface area contributed by atoms with Gasteiger partial charge in [0.2, 0.25) is 5.95 Å². The van der Waals surface area contributed by atoms with Crippen LogP contribution in [0, 0.1) is 13.8 Å². The van der Waals surface area contributed by atoms with Crippen LogP contribution in [0.2, 0.25) is 10.0 Å². The Kier molecular flexibility index (Phi) is 5.40. The molecule has 26 heavy (non-hydrogen) atoms. The molecule has 0 fully saturated rings. The third-order valence-electron chi connectivity index (χ3n) is 3.64. The molecule has 0 unspecified atom stereocenters. The lowest BCUT2D eigenvalue weighted by Gasteiger charge is -2.11. The van der Waals surface area contributed by atoms with E-state index >= 15 is 0 Å². The molecule has 132 valence electrons. The van der Waals surface area contributed by atoms with Crippen LogP contribution < -0.4 is 10.6 Å². The highest BCUT2D eigenvalue weighted by molar-refractivity contribution is 6.33. The minimum absolute atomic E-state index is 0.242. The van der Waals surface area contributed by atoms with Gasteiger partial charge in [0.25, 0.3) is 5.91 Å². The summed E-state index contributed by atoms with van der Waals surface area (Å²) in [5, 5.41) is 6.99. The summed E-state index contributed by atoms with van der Waals surface area (Å²) in [6.07, 6.45) is 0. The van der Waals surface area contributed by atoms with Crippen molar-refractivity contribution in [3.8, 4) is 0 Å². The quantitative estimate of drug-likeness (QED) is 0.629. The Hall–Kier alpha value is -2.63. The Bertz CT molecular complexity index is 976. The molecule has 0 radical (unpaired) electrons. The summed E-state index contributed by atoms with van der Waals surface area (Å²) >= 11 is 12.1. The molecule has 0 aliphatic rings. The molecule has 0 spiro atoms. The molecule has 2 N–H and O–H groups in total. The zero-order chi connectivity index (χ0) is 18.7. The molecule has 7 heteroatoms. The van der Waals surface area contributed by atoms with Crippen molar-refractivity contribution in [1.29, 1.82) is 0 Å².